The number of carbonyl (C=O) groups is 2. The smallest absolute Gasteiger partial charge is 0.253 e. The van der Waals surface area contributed by atoms with Crippen molar-refractivity contribution in [1.29, 1.82) is 0 Å². The fourth-order valence-corrected chi connectivity index (χ4v) is 3.42. The molecule has 30 heavy (non-hydrogen) atoms. The second-order valence-corrected chi connectivity index (χ2v) is 6.37. The van der Waals surface area contributed by atoms with Crippen LogP contribution >= 0.6 is 23.2 Å². The van der Waals surface area contributed by atoms with E-state index in [0.29, 0.717) is 0 Å². The summed E-state index contributed by atoms with van der Waals surface area (Å²) < 4.78 is 32.4. The SMILES string of the molecule is COc1cc(C(=O)Cl)c(-c2c(C(=O)Cl)cc(OC)c(OC)c2OC)c(OC)c1OC. The maximum absolute atomic E-state index is 12.3. The molecule has 0 aliphatic heterocycles. The molecule has 0 saturated heterocycles. The van der Waals surface area contributed by atoms with Crippen LogP contribution in [0.1, 0.15) is 20.7 Å². The number of benzene rings is 2. The van der Waals surface area contributed by atoms with Crippen LogP contribution < -0.4 is 28.4 Å². The molecule has 8 nitrogen and oxygen atoms in total. The lowest BCUT2D eigenvalue weighted by Gasteiger charge is -2.23. The van der Waals surface area contributed by atoms with E-state index >= 15 is 0 Å². The Kier molecular flexibility index (Phi) is 7.64. The molecule has 0 aliphatic rings. The molecule has 0 atom stereocenters. The molecule has 10 heteroatoms. The van der Waals surface area contributed by atoms with Crippen molar-refractivity contribution in [2.75, 3.05) is 42.7 Å². The van der Waals surface area contributed by atoms with Gasteiger partial charge in [0.05, 0.1) is 42.7 Å². The Morgan fingerprint density at radius 1 is 0.567 bits per heavy atom. The standard InChI is InChI=1S/C20H20Cl2O8/c1-25-11-7-9(19(21)23)13(17(29-5)15(11)27-3)14-10(20(22)24)8-12(26-2)16(28-4)18(14)30-6/h7-8H,1-6H3. The summed E-state index contributed by atoms with van der Waals surface area (Å²) in [6.45, 7) is 0. The fourth-order valence-electron chi connectivity index (χ4n) is 3.12. The number of ether oxygens (including phenoxy) is 6. The maximum Gasteiger partial charge on any atom is 0.253 e. The van der Waals surface area contributed by atoms with Crippen LogP contribution in [-0.4, -0.2) is 53.1 Å². The Labute approximate surface area is 183 Å². The van der Waals surface area contributed by atoms with Crippen LogP contribution in [0.5, 0.6) is 34.5 Å². The molecule has 2 rings (SSSR count). The van der Waals surface area contributed by atoms with Crippen molar-refractivity contribution in [2.24, 2.45) is 0 Å². The Bertz CT molecular complexity index is 908. The Morgan fingerprint density at radius 3 is 1.07 bits per heavy atom. The van der Waals surface area contributed by atoms with Crippen molar-refractivity contribution in [3.63, 3.8) is 0 Å². The molecule has 0 N–H and O–H groups in total. The van der Waals surface area contributed by atoms with Crippen molar-refractivity contribution in [3.8, 4) is 45.6 Å². The monoisotopic (exact) mass is 458 g/mol. The highest BCUT2D eigenvalue weighted by Gasteiger charge is 2.32. The quantitative estimate of drug-likeness (QED) is 0.517. The summed E-state index contributed by atoms with van der Waals surface area (Å²) in [5.41, 5.74) is 0.153. The fraction of sp³-hybridized carbons (Fsp3) is 0.300. The molecule has 2 aromatic rings. The topological polar surface area (TPSA) is 89.5 Å². The van der Waals surface area contributed by atoms with Crippen LogP contribution in [0, 0.1) is 0 Å². The van der Waals surface area contributed by atoms with E-state index in [2.05, 4.69) is 0 Å². The molecule has 0 saturated carbocycles. The first kappa shape index (κ1) is 23.4. The van der Waals surface area contributed by atoms with Gasteiger partial charge in [0.15, 0.2) is 23.0 Å². The van der Waals surface area contributed by atoms with E-state index < -0.39 is 10.5 Å². The largest absolute Gasteiger partial charge is 0.493 e. The zero-order valence-corrected chi connectivity index (χ0v) is 18.7. The van der Waals surface area contributed by atoms with Crippen LogP contribution in [-0.2, 0) is 0 Å². The van der Waals surface area contributed by atoms with Gasteiger partial charge in [-0.3, -0.25) is 9.59 Å². The predicted octanol–water partition coefficient (Wildman–Crippen LogP) is 4.16. The van der Waals surface area contributed by atoms with Gasteiger partial charge in [-0.25, -0.2) is 0 Å². The molecule has 0 radical (unpaired) electrons. The molecule has 0 aromatic heterocycles. The van der Waals surface area contributed by atoms with Crippen molar-refractivity contribution in [3.05, 3.63) is 23.3 Å². The minimum Gasteiger partial charge on any atom is -0.493 e. The van der Waals surface area contributed by atoms with E-state index in [1.807, 2.05) is 0 Å². The van der Waals surface area contributed by atoms with E-state index in [1.165, 1.54) is 54.8 Å². The first-order valence-electron chi connectivity index (χ1n) is 8.37. The van der Waals surface area contributed by atoms with E-state index in [0.717, 1.165) is 0 Å². The third-order valence-corrected chi connectivity index (χ3v) is 4.74. The van der Waals surface area contributed by atoms with E-state index in [4.69, 9.17) is 51.6 Å². The number of hydrogen-bond acceptors (Lipinski definition) is 8. The first-order valence-corrected chi connectivity index (χ1v) is 9.12. The summed E-state index contributed by atoms with van der Waals surface area (Å²) in [5.74, 6) is 0.875. The number of hydrogen-bond donors (Lipinski definition) is 0. The molecule has 0 amide bonds. The van der Waals surface area contributed by atoms with Gasteiger partial charge in [0, 0.05) is 22.3 Å². The molecule has 162 valence electrons. The molecule has 0 heterocycles. The van der Waals surface area contributed by atoms with Crippen LogP contribution in [0.15, 0.2) is 12.1 Å². The number of methoxy groups -OCH3 is 6. The average molecular weight is 459 g/mol. The predicted molar refractivity (Wildman–Crippen MR) is 112 cm³/mol. The summed E-state index contributed by atoms with van der Waals surface area (Å²) in [4.78, 5) is 24.7. The van der Waals surface area contributed by atoms with Gasteiger partial charge >= 0.3 is 0 Å². The maximum atomic E-state index is 12.3. The number of halogens is 2. The molecule has 0 bridgehead atoms. The highest BCUT2D eigenvalue weighted by atomic mass is 35.5. The van der Waals surface area contributed by atoms with E-state index in [1.54, 1.807) is 0 Å². The first-order chi connectivity index (χ1) is 14.3. The van der Waals surface area contributed by atoms with E-state index in [-0.39, 0.29) is 56.8 Å². The Balaban J connectivity index is 3.20. The van der Waals surface area contributed by atoms with Gasteiger partial charge in [0.1, 0.15) is 0 Å². The number of rotatable bonds is 9. The average Bonchev–Trinajstić information content (AvgIpc) is 2.75. The van der Waals surface area contributed by atoms with Crippen LogP contribution in [0.3, 0.4) is 0 Å². The molecular formula is C20H20Cl2O8. The minimum atomic E-state index is -0.839. The molecule has 0 unspecified atom stereocenters. The summed E-state index contributed by atoms with van der Waals surface area (Å²) >= 11 is 11.7. The normalized spacial score (nSPS) is 10.3. The van der Waals surface area contributed by atoms with Crippen molar-refractivity contribution in [2.45, 2.75) is 0 Å². The minimum absolute atomic E-state index is 0.0316. The van der Waals surface area contributed by atoms with Gasteiger partial charge in [-0.15, -0.1) is 0 Å². The molecule has 2 aromatic carbocycles. The summed E-state index contributed by atoms with van der Waals surface area (Å²) in [6, 6.07) is 2.73. The van der Waals surface area contributed by atoms with Crippen molar-refractivity contribution in [1.82, 2.24) is 0 Å². The van der Waals surface area contributed by atoms with Crippen molar-refractivity contribution >= 4 is 33.7 Å². The van der Waals surface area contributed by atoms with Crippen LogP contribution in [0.25, 0.3) is 11.1 Å². The second-order valence-electron chi connectivity index (χ2n) is 5.68. The Hall–Kier alpha value is -2.84. The van der Waals surface area contributed by atoms with Gasteiger partial charge < -0.3 is 28.4 Å². The molecule has 0 fully saturated rings. The zero-order valence-electron chi connectivity index (χ0n) is 17.2. The third kappa shape index (κ3) is 3.93. The van der Waals surface area contributed by atoms with Crippen molar-refractivity contribution < 1.29 is 38.0 Å². The number of carbonyl (C=O) groups excluding carboxylic acids is 2. The van der Waals surface area contributed by atoms with Gasteiger partial charge in [0.25, 0.3) is 10.5 Å². The third-order valence-electron chi connectivity index (χ3n) is 4.33. The van der Waals surface area contributed by atoms with Crippen LogP contribution in [0.2, 0.25) is 0 Å². The van der Waals surface area contributed by atoms with Gasteiger partial charge in [0.2, 0.25) is 11.5 Å². The second kappa shape index (κ2) is 9.77. The zero-order chi connectivity index (χ0) is 22.6. The molecule has 0 aliphatic carbocycles. The molecular weight excluding hydrogens is 439 g/mol. The van der Waals surface area contributed by atoms with Gasteiger partial charge in [-0.05, 0) is 35.3 Å². The summed E-state index contributed by atoms with van der Waals surface area (Å²) in [5, 5.41) is -1.68. The summed E-state index contributed by atoms with van der Waals surface area (Å²) in [6.07, 6.45) is 0. The lowest BCUT2D eigenvalue weighted by Crippen LogP contribution is -2.08. The highest BCUT2D eigenvalue weighted by molar-refractivity contribution is 6.69. The summed E-state index contributed by atoms with van der Waals surface area (Å²) in [7, 11) is 8.29. The van der Waals surface area contributed by atoms with E-state index in [9.17, 15) is 9.59 Å². The molecule has 0 spiro atoms. The van der Waals surface area contributed by atoms with Gasteiger partial charge in [-0.1, -0.05) is 0 Å². The highest BCUT2D eigenvalue weighted by Crippen LogP contribution is 2.54. The van der Waals surface area contributed by atoms with Crippen LogP contribution in [0.4, 0.5) is 0 Å². The lowest BCUT2D eigenvalue weighted by atomic mass is 9.92. The van der Waals surface area contributed by atoms with Gasteiger partial charge in [-0.2, -0.15) is 0 Å². The Morgan fingerprint density at radius 2 is 0.867 bits per heavy atom. The lowest BCUT2D eigenvalue weighted by molar-refractivity contribution is 0.107.